The highest BCUT2D eigenvalue weighted by Crippen LogP contribution is 2.12. The number of aromatic nitrogens is 2. The van der Waals surface area contributed by atoms with Crippen LogP contribution in [0.15, 0.2) is 22.6 Å². The molecule has 0 saturated heterocycles. The van der Waals surface area contributed by atoms with Gasteiger partial charge in [0, 0.05) is 0 Å². The Morgan fingerprint density at radius 2 is 2.25 bits per heavy atom. The van der Waals surface area contributed by atoms with E-state index in [1.54, 1.807) is 11.4 Å². The molecule has 0 fully saturated rings. The third-order valence-electron chi connectivity index (χ3n) is 2.54. The van der Waals surface area contributed by atoms with Gasteiger partial charge in [0.25, 0.3) is 5.56 Å². The van der Waals surface area contributed by atoms with Crippen LogP contribution in [0.2, 0.25) is 0 Å². The van der Waals surface area contributed by atoms with Gasteiger partial charge in [-0.3, -0.25) is 14.2 Å². The quantitative estimate of drug-likeness (QED) is 0.652. The number of aliphatic carboxylic acids is 1. The highest BCUT2D eigenvalue weighted by molar-refractivity contribution is 7.16. The number of carboxylic acid groups (broad SMARTS) is 1. The van der Waals surface area contributed by atoms with Crippen molar-refractivity contribution >= 4 is 33.4 Å². The van der Waals surface area contributed by atoms with E-state index in [2.05, 4.69) is 10.3 Å². The molecular weight excluding hydrogens is 286 g/mol. The Bertz CT molecular complexity index is 707. The number of nitrogens with zero attached hydrogens (tertiary/aromatic N) is 2. The number of carbonyl (C=O) groups excluding carboxylic acids is 1. The van der Waals surface area contributed by atoms with Gasteiger partial charge in [-0.2, -0.15) is 0 Å². The number of aliphatic hydroxyl groups excluding tert-OH is 1. The van der Waals surface area contributed by atoms with Crippen LogP contribution < -0.4 is 10.9 Å². The van der Waals surface area contributed by atoms with Crippen molar-refractivity contribution in [2.24, 2.45) is 0 Å². The van der Waals surface area contributed by atoms with Crippen LogP contribution in [-0.4, -0.2) is 44.3 Å². The van der Waals surface area contributed by atoms with Gasteiger partial charge >= 0.3 is 5.97 Å². The summed E-state index contributed by atoms with van der Waals surface area (Å²) in [7, 11) is 0. The Kier molecular flexibility index (Phi) is 4.11. The highest BCUT2D eigenvalue weighted by atomic mass is 32.1. The van der Waals surface area contributed by atoms with E-state index in [9.17, 15) is 14.4 Å². The SMILES string of the molecule is O=C(Cn1cnc2sccc2c1=O)NCC(O)C(=O)O. The van der Waals surface area contributed by atoms with Crippen molar-refractivity contribution in [2.45, 2.75) is 12.6 Å². The lowest BCUT2D eigenvalue weighted by Gasteiger charge is -2.08. The largest absolute Gasteiger partial charge is 0.479 e. The van der Waals surface area contributed by atoms with Gasteiger partial charge in [-0.1, -0.05) is 0 Å². The molecule has 0 aromatic carbocycles. The van der Waals surface area contributed by atoms with E-state index in [1.807, 2.05) is 0 Å². The first-order valence-electron chi connectivity index (χ1n) is 5.59. The summed E-state index contributed by atoms with van der Waals surface area (Å²) in [5.74, 6) is -2.01. The van der Waals surface area contributed by atoms with Crippen LogP contribution in [0, 0.1) is 0 Å². The number of thiophene rings is 1. The maximum atomic E-state index is 12.0. The molecule has 8 nitrogen and oxygen atoms in total. The molecule has 2 heterocycles. The van der Waals surface area contributed by atoms with Crippen LogP contribution in [0.25, 0.3) is 10.2 Å². The Labute approximate surface area is 116 Å². The molecule has 0 aliphatic heterocycles. The second-order valence-electron chi connectivity index (χ2n) is 3.98. The summed E-state index contributed by atoms with van der Waals surface area (Å²) in [5, 5.41) is 21.9. The van der Waals surface area contributed by atoms with E-state index in [-0.39, 0.29) is 12.1 Å². The first-order valence-corrected chi connectivity index (χ1v) is 6.47. The highest BCUT2D eigenvalue weighted by Gasteiger charge is 2.15. The van der Waals surface area contributed by atoms with Gasteiger partial charge in [0.1, 0.15) is 11.4 Å². The minimum absolute atomic E-state index is 0.288. The average molecular weight is 297 g/mol. The molecule has 0 aliphatic rings. The van der Waals surface area contributed by atoms with Gasteiger partial charge in [-0.25, -0.2) is 9.78 Å². The molecule has 0 saturated carbocycles. The van der Waals surface area contributed by atoms with Crippen molar-refractivity contribution in [1.29, 1.82) is 0 Å². The Hall–Kier alpha value is -2.26. The van der Waals surface area contributed by atoms with E-state index in [0.717, 1.165) is 4.57 Å². The van der Waals surface area contributed by atoms with Crippen LogP contribution >= 0.6 is 11.3 Å². The lowest BCUT2D eigenvalue weighted by Crippen LogP contribution is -2.39. The molecule has 106 valence electrons. The van der Waals surface area contributed by atoms with Crippen molar-refractivity contribution in [3.8, 4) is 0 Å². The van der Waals surface area contributed by atoms with Gasteiger partial charge in [0.05, 0.1) is 18.3 Å². The predicted octanol–water partition coefficient (Wildman–Crippen LogP) is -0.980. The fraction of sp³-hybridized carbons (Fsp3) is 0.273. The molecule has 2 rings (SSSR count). The summed E-state index contributed by atoms with van der Waals surface area (Å²) < 4.78 is 1.12. The first-order chi connectivity index (χ1) is 9.49. The zero-order valence-electron chi connectivity index (χ0n) is 10.1. The van der Waals surface area contributed by atoms with Crippen molar-refractivity contribution in [3.05, 3.63) is 28.1 Å². The summed E-state index contributed by atoms with van der Waals surface area (Å²) in [6.45, 7) is -0.707. The van der Waals surface area contributed by atoms with Crippen LogP contribution in [0.4, 0.5) is 0 Å². The molecule has 3 N–H and O–H groups in total. The fourth-order valence-electron chi connectivity index (χ4n) is 1.51. The summed E-state index contributed by atoms with van der Waals surface area (Å²) in [4.78, 5) is 38.5. The average Bonchev–Trinajstić information content (AvgIpc) is 2.88. The number of nitrogens with one attached hydrogen (secondary N) is 1. The summed E-state index contributed by atoms with van der Waals surface area (Å²) in [6, 6.07) is 1.62. The van der Waals surface area contributed by atoms with Gasteiger partial charge < -0.3 is 15.5 Å². The minimum atomic E-state index is -1.67. The van der Waals surface area contributed by atoms with Crippen LogP contribution in [0.1, 0.15) is 0 Å². The zero-order valence-corrected chi connectivity index (χ0v) is 11.0. The molecule has 20 heavy (non-hydrogen) atoms. The number of hydrogen-bond acceptors (Lipinski definition) is 6. The van der Waals surface area contributed by atoms with Crippen molar-refractivity contribution in [3.63, 3.8) is 0 Å². The normalized spacial score (nSPS) is 12.2. The molecule has 0 spiro atoms. The molecule has 0 bridgehead atoms. The standard InChI is InChI=1S/C11H11N3O5S/c15-7(11(18)19)3-12-8(16)4-14-5-13-9-6(10(14)17)1-2-20-9/h1-2,5,7,15H,3-4H2,(H,12,16)(H,18,19). The number of rotatable bonds is 5. The molecule has 2 aromatic rings. The zero-order chi connectivity index (χ0) is 14.7. The maximum absolute atomic E-state index is 12.0. The second-order valence-corrected chi connectivity index (χ2v) is 4.87. The lowest BCUT2D eigenvalue weighted by molar-refractivity contribution is -0.146. The summed E-state index contributed by atoms with van der Waals surface area (Å²) in [6.07, 6.45) is -0.415. The summed E-state index contributed by atoms with van der Waals surface area (Å²) in [5.41, 5.74) is -0.342. The number of carboxylic acids is 1. The third kappa shape index (κ3) is 3.00. The van der Waals surface area contributed by atoms with E-state index in [0.29, 0.717) is 10.2 Å². The van der Waals surface area contributed by atoms with Gasteiger partial charge in [-0.15, -0.1) is 11.3 Å². The molecule has 0 radical (unpaired) electrons. The number of carbonyl (C=O) groups is 2. The molecule has 1 unspecified atom stereocenters. The smallest absolute Gasteiger partial charge is 0.334 e. The number of fused-ring (bicyclic) bond motifs is 1. The third-order valence-corrected chi connectivity index (χ3v) is 3.36. The first kappa shape index (κ1) is 14.2. The molecule has 1 atom stereocenters. The van der Waals surface area contributed by atoms with E-state index in [1.165, 1.54) is 17.7 Å². The Morgan fingerprint density at radius 1 is 1.50 bits per heavy atom. The topological polar surface area (TPSA) is 122 Å². The maximum Gasteiger partial charge on any atom is 0.334 e. The fourth-order valence-corrected chi connectivity index (χ4v) is 2.24. The lowest BCUT2D eigenvalue weighted by atomic mass is 10.3. The number of hydrogen-bond donors (Lipinski definition) is 3. The van der Waals surface area contributed by atoms with Crippen molar-refractivity contribution < 1.29 is 19.8 Å². The monoisotopic (exact) mass is 297 g/mol. The van der Waals surface area contributed by atoms with Gasteiger partial charge in [-0.05, 0) is 11.4 Å². The Morgan fingerprint density at radius 3 is 2.95 bits per heavy atom. The molecule has 2 aromatic heterocycles. The van der Waals surface area contributed by atoms with E-state index >= 15 is 0 Å². The second kappa shape index (κ2) is 5.80. The Balaban J connectivity index is 2.04. The van der Waals surface area contributed by atoms with Crippen LogP contribution in [-0.2, 0) is 16.1 Å². The van der Waals surface area contributed by atoms with Crippen LogP contribution in [0.3, 0.4) is 0 Å². The minimum Gasteiger partial charge on any atom is -0.479 e. The molecule has 9 heteroatoms. The van der Waals surface area contributed by atoms with E-state index in [4.69, 9.17) is 10.2 Å². The predicted molar refractivity (Wildman–Crippen MR) is 70.5 cm³/mol. The van der Waals surface area contributed by atoms with Crippen molar-refractivity contribution in [1.82, 2.24) is 14.9 Å². The molecular formula is C11H11N3O5S. The van der Waals surface area contributed by atoms with Crippen molar-refractivity contribution in [2.75, 3.05) is 6.54 Å². The van der Waals surface area contributed by atoms with Gasteiger partial charge in [0.15, 0.2) is 6.10 Å². The van der Waals surface area contributed by atoms with E-state index < -0.39 is 24.5 Å². The number of amides is 1. The number of aliphatic hydroxyl groups is 1. The van der Waals surface area contributed by atoms with Crippen LogP contribution in [0.5, 0.6) is 0 Å². The summed E-state index contributed by atoms with van der Waals surface area (Å²) >= 11 is 1.32. The molecule has 1 amide bonds. The van der Waals surface area contributed by atoms with Gasteiger partial charge in [0.2, 0.25) is 5.91 Å². The molecule has 0 aliphatic carbocycles.